The Balaban J connectivity index is 0.000000284. The van der Waals surface area contributed by atoms with Crippen molar-refractivity contribution in [3.8, 4) is 5.75 Å². The lowest BCUT2D eigenvalue weighted by Crippen LogP contribution is -2.08. The molecule has 1 aromatic rings. The monoisotopic (exact) mass is 243 g/mol. The molecule has 85 valence electrons. The normalized spacial score (nSPS) is 12.5. The molecule has 0 amide bonds. The van der Waals surface area contributed by atoms with Gasteiger partial charge in [0, 0.05) is 17.4 Å². The Kier molecular flexibility index (Phi) is 6.89. The summed E-state index contributed by atoms with van der Waals surface area (Å²) in [7, 11) is 0. The average Bonchev–Trinajstić information content (AvgIpc) is 2.28. The summed E-state index contributed by atoms with van der Waals surface area (Å²) in [6.45, 7) is 1.99. The highest BCUT2D eigenvalue weighted by Gasteiger charge is 2.06. The van der Waals surface area contributed by atoms with E-state index in [-0.39, 0.29) is 17.4 Å². The number of phenols is 1. The third-order valence-corrected chi connectivity index (χ3v) is 1.88. The van der Waals surface area contributed by atoms with Crippen LogP contribution in [0.4, 0.5) is 0 Å². The van der Waals surface area contributed by atoms with Crippen LogP contribution in [0.1, 0.15) is 5.56 Å². The number of aromatic hydroxyl groups is 1. The van der Waals surface area contributed by atoms with Crippen molar-refractivity contribution in [1.29, 1.82) is 0 Å². The van der Waals surface area contributed by atoms with Crippen molar-refractivity contribution in [3.05, 3.63) is 54.1 Å². The number of ketones is 2. The van der Waals surface area contributed by atoms with Crippen LogP contribution in [0.2, 0.25) is 0 Å². The van der Waals surface area contributed by atoms with E-state index in [1.54, 1.807) is 24.3 Å². The summed E-state index contributed by atoms with van der Waals surface area (Å²) in [4.78, 5) is 20.6. The van der Waals surface area contributed by atoms with Crippen LogP contribution < -0.4 is 0 Å². The predicted molar refractivity (Wildman–Crippen MR) is 66.9 cm³/mol. The fraction of sp³-hybridized carbons (Fsp3) is 0.0769. The smallest absolute Gasteiger partial charge is 0.225 e. The first-order valence-corrected chi connectivity index (χ1v) is 4.78. The molecule has 0 aliphatic heterocycles. The fourth-order valence-electron chi connectivity index (χ4n) is 0.995. The Labute approximate surface area is 111 Å². The van der Waals surface area contributed by atoms with Gasteiger partial charge in [-0.1, -0.05) is 29.8 Å². The van der Waals surface area contributed by atoms with E-state index in [0.29, 0.717) is 5.75 Å². The van der Waals surface area contributed by atoms with Crippen LogP contribution in [0.5, 0.6) is 5.75 Å². The van der Waals surface area contributed by atoms with E-state index in [0.717, 1.165) is 0 Å². The summed E-state index contributed by atoms with van der Waals surface area (Å²) in [5, 5.41) is 8.76. The molecule has 1 aliphatic carbocycles. The standard InChI is InChI=1S/C7H8O.C6H4O2.Al/c1-6-2-4-7(8)5-3-6;7-5-3-1-2-4-6(5)8;/h2-5,8H,1H3;1-4H;. The SMILES string of the molecule is Cc1ccc(O)cc1.O=C1C=CC=CC1=O.[Al]. The minimum Gasteiger partial charge on any atom is -0.508 e. The maximum atomic E-state index is 10.3. The molecule has 0 fully saturated rings. The van der Waals surface area contributed by atoms with Gasteiger partial charge in [0.15, 0.2) is 0 Å². The molecule has 1 aliphatic rings. The topological polar surface area (TPSA) is 54.4 Å². The summed E-state index contributed by atoms with van der Waals surface area (Å²) < 4.78 is 0. The van der Waals surface area contributed by atoms with Crippen LogP contribution in [0.3, 0.4) is 0 Å². The van der Waals surface area contributed by atoms with Crippen molar-refractivity contribution >= 4 is 28.9 Å². The predicted octanol–water partition coefficient (Wildman–Crippen LogP) is 1.57. The van der Waals surface area contributed by atoms with Gasteiger partial charge >= 0.3 is 0 Å². The first-order chi connectivity index (χ1) is 7.59. The Morgan fingerprint density at radius 1 is 0.882 bits per heavy atom. The van der Waals surface area contributed by atoms with Crippen molar-refractivity contribution in [2.45, 2.75) is 6.92 Å². The second-order valence-corrected chi connectivity index (χ2v) is 3.28. The number of aryl methyl sites for hydroxylation is 1. The van der Waals surface area contributed by atoms with E-state index in [2.05, 4.69) is 0 Å². The maximum Gasteiger partial charge on any atom is 0.225 e. The summed E-state index contributed by atoms with van der Waals surface area (Å²) in [6.07, 6.45) is 5.60. The van der Waals surface area contributed by atoms with Crippen LogP contribution >= 0.6 is 0 Å². The third-order valence-electron chi connectivity index (χ3n) is 1.88. The van der Waals surface area contributed by atoms with Gasteiger partial charge in [0.25, 0.3) is 0 Å². The summed E-state index contributed by atoms with van der Waals surface area (Å²) in [5.74, 6) is -0.546. The number of hydrogen-bond donors (Lipinski definition) is 1. The van der Waals surface area contributed by atoms with Crippen LogP contribution in [-0.2, 0) is 9.59 Å². The van der Waals surface area contributed by atoms with Gasteiger partial charge in [-0.2, -0.15) is 0 Å². The molecular weight excluding hydrogens is 231 g/mol. The van der Waals surface area contributed by atoms with Crippen molar-refractivity contribution < 1.29 is 14.7 Å². The summed E-state index contributed by atoms with van der Waals surface area (Å²) in [6, 6.07) is 7.09. The van der Waals surface area contributed by atoms with Gasteiger partial charge in [-0.3, -0.25) is 9.59 Å². The quantitative estimate of drug-likeness (QED) is 0.427. The summed E-state index contributed by atoms with van der Waals surface area (Å²) >= 11 is 0. The van der Waals surface area contributed by atoms with Gasteiger partial charge in [0.2, 0.25) is 11.6 Å². The van der Waals surface area contributed by atoms with Gasteiger partial charge < -0.3 is 5.11 Å². The Morgan fingerprint density at radius 3 is 1.59 bits per heavy atom. The molecule has 0 bridgehead atoms. The molecule has 3 radical (unpaired) electrons. The summed E-state index contributed by atoms with van der Waals surface area (Å²) in [5.41, 5.74) is 1.17. The highest BCUT2D eigenvalue weighted by molar-refractivity contribution is 6.46. The van der Waals surface area contributed by atoms with E-state index in [1.165, 1.54) is 17.7 Å². The molecule has 4 heteroatoms. The molecule has 0 saturated carbocycles. The van der Waals surface area contributed by atoms with E-state index in [9.17, 15) is 9.59 Å². The van der Waals surface area contributed by atoms with Crippen molar-refractivity contribution in [2.75, 3.05) is 0 Å². The molecule has 0 aromatic heterocycles. The van der Waals surface area contributed by atoms with Crippen LogP contribution in [0.25, 0.3) is 0 Å². The molecule has 2 rings (SSSR count). The second kappa shape index (κ2) is 7.61. The van der Waals surface area contributed by atoms with Crippen molar-refractivity contribution in [3.63, 3.8) is 0 Å². The highest BCUT2D eigenvalue weighted by Crippen LogP contribution is 2.07. The molecule has 0 spiro atoms. The van der Waals surface area contributed by atoms with Crippen LogP contribution in [0, 0.1) is 6.92 Å². The number of hydrogen-bond acceptors (Lipinski definition) is 3. The maximum absolute atomic E-state index is 10.3. The zero-order valence-corrected chi connectivity index (χ0v) is 10.6. The molecule has 17 heavy (non-hydrogen) atoms. The lowest BCUT2D eigenvalue weighted by atomic mass is 10.1. The Hall–Kier alpha value is -1.63. The zero-order chi connectivity index (χ0) is 12.0. The van der Waals surface area contributed by atoms with Gasteiger partial charge in [-0.05, 0) is 31.2 Å². The van der Waals surface area contributed by atoms with Gasteiger partial charge in [-0.25, -0.2) is 0 Å². The lowest BCUT2D eigenvalue weighted by molar-refractivity contribution is -0.131. The van der Waals surface area contributed by atoms with E-state index < -0.39 is 11.6 Å². The van der Waals surface area contributed by atoms with E-state index in [4.69, 9.17) is 5.11 Å². The largest absolute Gasteiger partial charge is 0.508 e. The number of rotatable bonds is 0. The highest BCUT2D eigenvalue weighted by atomic mass is 27.0. The zero-order valence-electron chi connectivity index (χ0n) is 9.46. The molecular formula is C13H12AlO3. The third kappa shape index (κ3) is 5.86. The molecule has 0 atom stereocenters. The molecule has 1 aromatic carbocycles. The number of allylic oxidation sites excluding steroid dienone is 4. The molecule has 0 heterocycles. The first-order valence-electron chi connectivity index (χ1n) is 4.78. The van der Waals surface area contributed by atoms with Crippen LogP contribution in [-0.4, -0.2) is 34.0 Å². The van der Waals surface area contributed by atoms with Gasteiger partial charge in [0.05, 0.1) is 0 Å². The average molecular weight is 243 g/mol. The number of phenolic OH excluding ortho intramolecular Hbond substituents is 1. The fourth-order valence-corrected chi connectivity index (χ4v) is 0.995. The Bertz CT molecular complexity index is 401. The van der Waals surface area contributed by atoms with Crippen LogP contribution in [0.15, 0.2) is 48.6 Å². The van der Waals surface area contributed by atoms with E-state index >= 15 is 0 Å². The minimum absolute atomic E-state index is 0. The molecule has 1 N–H and O–H groups in total. The molecule has 0 unspecified atom stereocenters. The molecule has 0 saturated heterocycles. The van der Waals surface area contributed by atoms with Gasteiger partial charge in [-0.15, -0.1) is 0 Å². The Morgan fingerprint density at radius 2 is 1.29 bits per heavy atom. The first kappa shape index (κ1) is 15.4. The van der Waals surface area contributed by atoms with Crippen molar-refractivity contribution in [2.24, 2.45) is 0 Å². The molecule has 3 nitrogen and oxygen atoms in total. The van der Waals surface area contributed by atoms with Crippen molar-refractivity contribution in [1.82, 2.24) is 0 Å². The van der Waals surface area contributed by atoms with Gasteiger partial charge in [0.1, 0.15) is 5.75 Å². The number of carbonyl (C=O) groups excluding carboxylic acids is 2. The number of carbonyl (C=O) groups is 2. The van der Waals surface area contributed by atoms with E-state index in [1.807, 2.05) is 19.1 Å². The second-order valence-electron chi connectivity index (χ2n) is 3.28. The lowest BCUT2D eigenvalue weighted by Gasteiger charge is -1.89. The number of benzene rings is 1. The minimum atomic E-state index is -0.437.